The molecule has 0 spiro atoms. The monoisotopic (exact) mass is 1300 g/mol. The molecule has 0 heterocycles. The number of esters is 2. The molecule has 0 aromatic heterocycles. The Hall–Kier alpha value is -4.31. The first-order valence-corrected chi connectivity index (χ1v) is 38.7. The second-order valence-corrected chi connectivity index (χ2v) is 26.9. The minimum absolute atomic E-state index is 0.179. The van der Waals surface area contributed by atoms with Gasteiger partial charge in [-0.2, -0.15) is 0 Å². The van der Waals surface area contributed by atoms with Gasteiger partial charge >= 0.3 is 17.9 Å². The Morgan fingerprint density at radius 3 is 0.925 bits per heavy atom. The molecule has 0 aliphatic rings. The van der Waals surface area contributed by atoms with E-state index in [4.69, 9.17) is 18.9 Å². The van der Waals surface area contributed by atoms with E-state index in [-0.39, 0.29) is 32.2 Å². The highest BCUT2D eigenvalue weighted by Crippen LogP contribution is 2.18. The Labute approximate surface area is 574 Å². The summed E-state index contributed by atoms with van der Waals surface area (Å²) < 4.78 is 23.0. The number of carbonyl (C=O) groups is 3. The van der Waals surface area contributed by atoms with E-state index in [1.807, 2.05) is 21.1 Å². The van der Waals surface area contributed by atoms with Crippen LogP contribution in [0.2, 0.25) is 0 Å². The van der Waals surface area contributed by atoms with Gasteiger partial charge < -0.3 is 28.5 Å². The number of allylic oxidation sites excluding steroid dienone is 20. The Kier molecular flexibility index (Phi) is 70.1. The highest BCUT2D eigenvalue weighted by Gasteiger charge is 2.25. The van der Waals surface area contributed by atoms with Crippen molar-refractivity contribution in [2.24, 2.45) is 0 Å². The molecular weight excluding hydrogens is 1150 g/mol. The molecule has 2 atom stereocenters. The number of ether oxygens (including phenoxy) is 4. The van der Waals surface area contributed by atoms with Crippen LogP contribution in [0.3, 0.4) is 0 Å². The van der Waals surface area contributed by atoms with Crippen molar-refractivity contribution >= 4 is 17.9 Å². The molecule has 0 rings (SSSR count). The first-order chi connectivity index (χ1) is 45.6. The van der Waals surface area contributed by atoms with Crippen LogP contribution >= 0.6 is 0 Å². The Morgan fingerprint density at radius 2 is 0.613 bits per heavy atom. The van der Waals surface area contributed by atoms with Gasteiger partial charge in [0.15, 0.2) is 6.10 Å². The predicted molar refractivity (Wildman–Crippen MR) is 401 cm³/mol. The summed E-state index contributed by atoms with van der Waals surface area (Å²) in [6.07, 6.45) is 102. The van der Waals surface area contributed by atoms with Crippen molar-refractivity contribution in [2.45, 2.75) is 347 Å². The van der Waals surface area contributed by atoms with Gasteiger partial charge in [-0.3, -0.25) is 9.59 Å². The number of hydrogen-bond donors (Lipinski definition) is 1. The van der Waals surface area contributed by atoms with Crippen molar-refractivity contribution in [2.75, 3.05) is 47.5 Å². The zero-order valence-electron chi connectivity index (χ0n) is 61.1. The zero-order valence-corrected chi connectivity index (χ0v) is 61.1. The lowest BCUT2D eigenvalue weighted by atomic mass is 10.0. The first-order valence-electron chi connectivity index (χ1n) is 38.7. The molecule has 93 heavy (non-hydrogen) atoms. The molecule has 0 aromatic carbocycles. The predicted octanol–water partition coefficient (Wildman–Crippen LogP) is 24.7. The lowest BCUT2D eigenvalue weighted by molar-refractivity contribution is -0.870. The maximum absolute atomic E-state index is 13.0. The molecule has 0 fully saturated rings. The molecule has 0 saturated heterocycles. The number of carboxylic acid groups (broad SMARTS) is 1. The number of carboxylic acids is 1. The molecule has 0 aliphatic carbocycles. The van der Waals surface area contributed by atoms with Crippen LogP contribution in [0.5, 0.6) is 0 Å². The normalized spacial score (nSPS) is 13.3. The van der Waals surface area contributed by atoms with Gasteiger partial charge in [-0.05, 0) is 109 Å². The molecule has 2 unspecified atom stereocenters. The number of carbonyl (C=O) groups excluding carboxylic acids is 2. The highest BCUT2D eigenvalue weighted by atomic mass is 16.7. The van der Waals surface area contributed by atoms with Crippen molar-refractivity contribution in [1.29, 1.82) is 0 Å². The largest absolute Gasteiger partial charge is 0.477 e. The van der Waals surface area contributed by atoms with Gasteiger partial charge in [-0.1, -0.05) is 334 Å². The lowest BCUT2D eigenvalue weighted by Crippen LogP contribution is -2.40. The Bertz CT molecular complexity index is 1950. The van der Waals surface area contributed by atoms with Gasteiger partial charge in [0.25, 0.3) is 6.29 Å². The van der Waals surface area contributed by atoms with Gasteiger partial charge in [-0.15, -0.1) is 0 Å². The summed E-state index contributed by atoms with van der Waals surface area (Å²) in [5.41, 5.74) is 0. The van der Waals surface area contributed by atoms with Crippen molar-refractivity contribution in [3.8, 4) is 0 Å². The van der Waals surface area contributed by atoms with Crippen molar-refractivity contribution < 1.29 is 42.9 Å². The third kappa shape index (κ3) is 74.9. The Morgan fingerprint density at radius 1 is 0.333 bits per heavy atom. The molecule has 0 aromatic rings. The van der Waals surface area contributed by atoms with Crippen LogP contribution in [-0.4, -0.2) is 87.4 Å². The standard InChI is InChI=1S/C84H145NO8/c1-6-8-10-12-14-16-18-20-22-24-26-28-30-32-34-36-38-40-41-43-44-46-48-50-52-54-56-58-60-62-64-66-68-70-72-74-81(86)91-78-80(79-92-84(83(88)89)90-77-76-85(3,4)5)93-82(87)75-73-71-69-67-65-63-61-59-57-55-53-51-49-47-45-42-39-37-35-33-31-29-27-25-23-21-19-17-15-13-11-9-7-2/h9,11,15,17,21,23-24,26-27,29,33,35,39,42,47,49,53,55,59,61,80,84H,6-8,10,12-14,16,18-20,22,25,28,30-32,34,36-38,40-41,43-46,48,50-52,54,56-58,60,62-79H2,1-5H3/p+1/b11-9-,17-15-,23-21-,26-24-,29-27-,35-33-,42-39-,49-47-,55-53-,61-59-. The second kappa shape index (κ2) is 73.5. The van der Waals surface area contributed by atoms with Gasteiger partial charge in [0.1, 0.15) is 13.2 Å². The third-order valence-corrected chi connectivity index (χ3v) is 16.7. The number of likely N-dealkylation sites (N-methyl/N-ethyl adjacent to an activating group) is 1. The highest BCUT2D eigenvalue weighted by molar-refractivity contribution is 5.71. The van der Waals surface area contributed by atoms with E-state index in [0.717, 1.165) is 109 Å². The third-order valence-electron chi connectivity index (χ3n) is 16.7. The lowest BCUT2D eigenvalue weighted by Gasteiger charge is -2.25. The fraction of sp³-hybridized carbons (Fsp3) is 0.726. The van der Waals surface area contributed by atoms with Crippen LogP contribution in [0, 0.1) is 0 Å². The van der Waals surface area contributed by atoms with Crippen LogP contribution < -0.4 is 0 Å². The fourth-order valence-electron chi connectivity index (χ4n) is 10.8. The number of nitrogens with zero attached hydrogens (tertiary/aromatic N) is 1. The molecule has 0 saturated carbocycles. The minimum atomic E-state index is -1.52. The van der Waals surface area contributed by atoms with E-state index in [2.05, 4.69) is 135 Å². The van der Waals surface area contributed by atoms with E-state index < -0.39 is 24.3 Å². The topological polar surface area (TPSA) is 108 Å². The molecule has 9 heteroatoms. The molecule has 0 bridgehead atoms. The molecule has 534 valence electrons. The number of unbranched alkanes of at least 4 members (excludes halogenated alkanes) is 36. The molecule has 0 radical (unpaired) electrons. The van der Waals surface area contributed by atoms with E-state index in [1.54, 1.807) is 0 Å². The summed E-state index contributed by atoms with van der Waals surface area (Å²) in [5.74, 6) is -2.03. The van der Waals surface area contributed by atoms with E-state index in [9.17, 15) is 19.5 Å². The molecular formula is C84H146NO8+. The van der Waals surface area contributed by atoms with Crippen LogP contribution in [0.15, 0.2) is 122 Å². The van der Waals surface area contributed by atoms with Crippen LogP contribution in [-0.2, 0) is 33.3 Å². The van der Waals surface area contributed by atoms with Crippen LogP contribution in [0.4, 0.5) is 0 Å². The smallest absolute Gasteiger partial charge is 0.361 e. The minimum Gasteiger partial charge on any atom is -0.477 e. The molecule has 1 N–H and O–H groups in total. The summed E-state index contributed by atoms with van der Waals surface area (Å²) in [4.78, 5) is 37.7. The summed E-state index contributed by atoms with van der Waals surface area (Å²) in [6.45, 7) is 4.77. The summed E-state index contributed by atoms with van der Waals surface area (Å²) >= 11 is 0. The Balaban J connectivity index is 4.11. The maximum atomic E-state index is 13.0. The zero-order chi connectivity index (χ0) is 67.5. The first kappa shape index (κ1) is 88.7. The second-order valence-electron chi connectivity index (χ2n) is 26.9. The summed E-state index contributed by atoms with van der Waals surface area (Å²) in [6, 6.07) is 0. The molecule has 0 aliphatic heterocycles. The molecule has 9 nitrogen and oxygen atoms in total. The van der Waals surface area contributed by atoms with Crippen LogP contribution in [0.1, 0.15) is 335 Å². The SMILES string of the molecule is CC/C=C\C/C=C\C/C=C\C/C=C\C/C=C\C/C=C\C/C=C\C/C=C\C/C=C\CCCCCCCC(=O)OC(COC(=O)CCCCCCCCCCCCCCCCCCCCCCCCC/C=C\CCCCCCCCCC)COC(OCC[N+](C)(C)C)C(=O)O. The fourth-order valence-corrected chi connectivity index (χ4v) is 10.8. The van der Waals surface area contributed by atoms with Gasteiger partial charge in [0.2, 0.25) is 0 Å². The van der Waals surface area contributed by atoms with Crippen molar-refractivity contribution in [3.05, 3.63) is 122 Å². The number of rotatable bonds is 71. The average Bonchev–Trinajstić information content (AvgIpc) is 3.74. The number of aliphatic carboxylic acids is 1. The molecule has 0 amide bonds. The van der Waals surface area contributed by atoms with Crippen LogP contribution in [0.25, 0.3) is 0 Å². The van der Waals surface area contributed by atoms with E-state index in [1.165, 1.54) is 193 Å². The summed E-state index contributed by atoms with van der Waals surface area (Å²) in [5, 5.41) is 9.76. The van der Waals surface area contributed by atoms with E-state index in [0.29, 0.717) is 23.9 Å². The van der Waals surface area contributed by atoms with E-state index >= 15 is 0 Å². The number of quaternary nitrogens is 1. The quantitative estimate of drug-likeness (QED) is 0.0211. The van der Waals surface area contributed by atoms with Gasteiger partial charge in [0, 0.05) is 12.8 Å². The van der Waals surface area contributed by atoms with Gasteiger partial charge in [-0.25, -0.2) is 4.79 Å². The maximum Gasteiger partial charge on any atom is 0.361 e. The van der Waals surface area contributed by atoms with Crippen molar-refractivity contribution in [1.82, 2.24) is 0 Å². The van der Waals surface area contributed by atoms with Gasteiger partial charge in [0.05, 0.1) is 34.4 Å². The summed E-state index contributed by atoms with van der Waals surface area (Å²) in [7, 11) is 5.97. The van der Waals surface area contributed by atoms with Crippen molar-refractivity contribution in [3.63, 3.8) is 0 Å². The average molecular weight is 1300 g/mol. The number of hydrogen-bond acceptors (Lipinski definition) is 7.